The van der Waals surface area contributed by atoms with Gasteiger partial charge in [0, 0.05) is 17.4 Å². The van der Waals surface area contributed by atoms with Gasteiger partial charge in [-0.1, -0.05) is 37.3 Å². The van der Waals surface area contributed by atoms with Crippen LogP contribution >= 0.6 is 0 Å². The highest BCUT2D eigenvalue weighted by Crippen LogP contribution is 2.21. The molecule has 0 aliphatic rings. The third-order valence-corrected chi connectivity index (χ3v) is 3.23. The molecule has 0 aliphatic carbocycles. The van der Waals surface area contributed by atoms with Crippen LogP contribution in [0.1, 0.15) is 23.7 Å². The Kier molecular flexibility index (Phi) is 2.88. The predicted octanol–water partition coefficient (Wildman–Crippen LogP) is 3.62. The van der Waals surface area contributed by atoms with Gasteiger partial charge in [-0.15, -0.1) is 0 Å². The molecule has 19 heavy (non-hydrogen) atoms. The Hall–Kier alpha value is -2.42. The molecular formula is C16H14N2O. The zero-order chi connectivity index (χ0) is 13.2. The van der Waals surface area contributed by atoms with Gasteiger partial charge in [0.2, 0.25) is 0 Å². The Labute approximate surface area is 111 Å². The summed E-state index contributed by atoms with van der Waals surface area (Å²) in [5.74, 6) is 0.134. The Morgan fingerprint density at radius 3 is 2.68 bits per heavy atom. The molecule has 2 aromatic carbocycles. The van der Waals surface area contributed by atoms with Crippen LogP contribution in [0.15, 0.2) is 54.7 Å². The molecule has 3 rings (SSSR count). The van der Waals surface area contributed by atoms with E-state index in [0.717, 1.165) is 22.2 Å². The summed E-state index contributed by atoms with van der Waals surface area (Å²) in [5.41, 5.74) is 2.58. The Morgan fingerprint density at radius 1 is 1.11 bits per heavy atom. The molecule has 0 unspecified atom stereocenters. The lowest BCUT2D eigenvalue weighted by molar-refractivity contribution is 0.0988. The number of carbonyl (C=O) groups is 1. The minimum absolute atomic E-state index is 0.134. The lowest BCUT2D eigenvalue weighted by Gasteiger charge is -2.08. The van der Waals surface area contributed by atoms with Gasteiger partial charge in [0.05, 0.1) is 17.4 Å². The molecule has 1 heterocycles. The predicted molar refractivity (Wildman–Crippen MR) is 75.7 cm³/mol. The molecule has 94 valence electrons. The molecule has 0 aliphatic heterocycles. The molecule has 0 bridgehead atoms. The van der Waals surface area contributed by atoms with Crippen molar-refractivity contribution in [3.63, 3.8) is 0 Å². The van der Waals surface area contributed by atoms with Crippen LogP contribution in [0.4, 0.5) is 0 Å². The fourth-order valence-corrected chi connectivity index (χ4v) is 2.25. The third-order valence-electron chi connectivity index (χ3n) is 3.23. The highest BCUT2D eigenvalue weighted by molar-refractivity contribution is 5.99. The second-order valence-corrected chi connectivity index (χ2v) is 4.41. The summed E-state index contributed by atoms with van der Waals surface area (Å²) in [6.07, 6.45) is 2.32. The minimum atomic E-state index is 0.134. The van der Waals surface area contributed by atoms with E-state index >= 15 is 0 Å². The van der Waals surface area contributed by atoms with Crippen LogP contribution in [0.5, 0.6) is 0 Å². The molecule has 3 nitrogen and oxygen atoms in total. The van der Waals surface area contributed by atoms with Crippen LogP contribution in [0.3, 0.4) is 0 Å². The Bertz CT molecular complexity index is 743. The number of para-hydroxylation sites is 2. The maximum Gasteiger partial charge on any atom is 0.164 e. The standard InChI is InChI=1S/C16H14N2O/c1-2-16(19)13-8-4-6-10-15(13)18-14-9-5-3-7-12(14)11-17-18/h3-11H,2H2,1H3. The molecule has 0 amide bonds. The molecule has 3 heteroatoms. The largest absolute Gasteiger partial charge is 0.294 e. The van der Waals surface area contributed by atoms with Gasteiger partial charge < -0.3 is 0 Å². The van der Waals surface area contributed by atoms with Gasteiger partial charge in [0.25, 0.3) is 0 Å². The van der Waals surface area contributed by atoms with E-state index in [1.807, 2.05) is 66.3 Å². The maximum atomic E-state index is 12.0. The maximum absolute atomic E-state index is 12.0. The van der Waals surface area contributed by atoms with Gasteiger partial charge in [-0.25, -0.2) is 4.68 Å². The van der Waals surface area contributed by atoms with E-state index in [-0.39, 0.29) is 5.78 Å². The number of rotatable bonds is 3. The minimum Gasteiger partial charge on any atom is -0.294 e. The van der Waals surface area contributed by atoms with Gasteiger partial charge in [-0.2, -0.15) is 5.10 Å². The topological polar surface area (TPSA) is 34.9 Å². The molecular weight excluding hydrogens is 236 g/mol. The second-order valence-electron chi connectivity index (χ2n) is 4.41. The number of carbonyl (C=O) groups excluding carboxylic acids is 1. The highest BCUT2D eigenvalue weighted by atomic mass is 16.1. The van der Waals surface area contributed by atoms with Crippen LogP contribution in [0.25, 0.3) is 16.6 Å². The summed E-state index contributed by atoms with van der Waals surface area (Å²) in [6.45, 7) is 1.88. The van der Waals surface area contributed by atoms with Crippen molar-refractivity contribution in [3.8, 4) is 5.69 Å². The summed E-state index contributed by atoms with van der Waals surface area (Å²) in [4.78, 5) is 12.0. The van der Waals surface area contributed by atoms with E-state index in [1.54, 1.807) is 0 Å². The lowest BCUT2D eigenvalue weighted by atomic mass is 10.1. The van der Waals surface area contributed by atoms with E-state index in [4.69, 9.17) is 0 Å². The van der Waals surface area contributed by atoms with Crippen molar-refractivity contribution in [3.05, 3.63) is 60.3 Å². The number of aromatic nitrogens is 2. The summed E-state index contributed by atoms with van der Waals surface area (Å²) in [5, 5.41) is 5.48. The van der Waals surface area contributed by atoms with Gasteiger partial charge in [-0.05, 0) is 18.2 Å². The van der Waals surface area contributed by atoms with Gasteiger partial charge in [0.1, 0.15) is 0 Å². The quantitative estimate of drug-likeness (QED) is 0.665. The molecule has 0 radical (unpaired) electrons. The van der Waals surface area contributed by atoms with Crippen molar-refractivity contribution in [1.82, 2.24) is 9.78 Å². The first kappa shape index (κ1) is 11.7. The average Bonchev–Trinajstić information content (AvgIpc) is 2.90. The summed E-state index contributed by atoms with van der Waals surface area (Å²) >= 11 is 0. The number of benzene rings is 2. The first-order chi connectivity index (χ1) is 9.31. The van der Waals surface area contributed by atoms with Crippen LogP contribution in [0.2, 0.25) is 0 Å². The monoisotopic (exact) mass is 250 g/mol. The van der Waals surface area contributed by atoms with Crippen molar-refractivity contribution < 1.29 is 4.79 Å². The zero-order valence-corrected chi connectivity index (χ0v) is 10.7. The Morgan fingerprint density at radius 2 is 1.84 bits per heavy atom. The molecule has 1 aromatic heterocycles. The smallest absolute Gasteiger partial charge is 0.164 e. The van der Waals surface area contributed by atoms with Crippen molar-refractivity contribution in [2.45, 2.75) is 13.3 Å². The first-order valence-corrected chi connectivity index (χ1v) is 6.36. The van der Waals surface area contributed by atoms with Crippen LogP contribution in [-0.4, -0.2) is 15.6 Å². The van der Waals surface area contributed by atoms with Crippen molar-refractivity contribution in [2.24, 2.45) is 0 Å². The normalized spacial score (nSPS) is 10.8. The zero-order valence-electron chi connectivity index (χ0n) is 10.7. The van der Waals surface area contributed by atoms with Crippen molar-refractivity contribution >= 4 is 16.7 Å². The third kappa shape index (κ3) is 1.93. The molecule has 0 fully saturated rings. The van der Waals surface area contributed by atoms with Gasteiger partial charge in [0.15, 0.2) is 5.78 Å². The number of Topliss-reactive ketones (excluding diaryl/α,β-unsaturated/α-hetero) is 1. The number of hydrogen-bond acceptors (Lipinski definition) is 2. The molecule has 0 spiro atoms. The Balaban J connectivity index is 2.25. The molecule has 0 saturated carbocycles. The molecule has 0 atom stereocenters. The second kappa shape index (κ2) is 4.69. The van der Waals surface area contributed by atoms with Crippen LogP contribution < -0.4 is 0 Å². The number of ketones is 1. The van der Waals surface area contributed by atoms with E-state index < -0.39 is 0 Å². The van der Waals surface area contributed by atoms with E-state index in [9.17, 15) is 4.79 Å². The SMILES string of the molecule is CCC(=O)c1ccccc1-n1ncc2ccccc21. The summed E-state index contributed by atoms with van der Waals surface area (Å²) < 4.78 is 1.83. The number of fused-ring (bicyclic) bond motifs is 1. The highest BCUT2D eigenvalue weighted by Gasteiger charge is 2.12. The van der Waals surface area contributed by atoms with E-state index in [2.05, 4.69) is 5.10 Å². The first-order valence-electron chi connectivity index (χ1n) is 6.36. The summed E-state index contributed by atoms with van der Waals surface area (Å²) in [6, 6.07) is 15.6. The number of nitrogens with zero attached hydrogens (tertiary/aromatic N) is 2. The average molecular weight is 250 g/mol. The fourth-order valence-electron chi connectivity index (χ4n) is 2.25. The summed E-state index contributed by atoms with van der Waals surface area (Å²) in [7, 11) is 0. The van der Waals surface area contributed by atoms with Gasteiger partial charge in [-0.3, -0.25) is 4.79 Å². The number of hydrogen-bond donors (Lipinski definition) is 0. The van der Waals surface area contributed by atoms with Crippen LogP contribution in [-0.2, 0) is 0 Å². The van der Waals surface area contributed by atoms with Gasteiger partial charge >= 0.3 is 0 Å². The lowest BCUT2D eigenvalue weighted by Crippen LogP contribution is -2.06. The fraction of sp³-hybridized carbons (Fsp3) is 0.125. The van der Waals surface area contributed by atoms with Crippen LogP contribution in [0, 0.1) is 0 Å². The molecule has 3 aromatic rings. The molecule has 0 N–H and O–H groups in total. The van der Waals surface area contributed by atoms with Crippen molar-refractivity contribution in [1.29, 1.82) is 0 Å². The van der Waals surface area contributed by atoms with E-state index in [1.165, 1.54) is 0 Å². The van der Waals surface area contributed by atoms with E-state index in [0.29, 0.717) is 6.42 Å². The molecule has 0 saturated heterocycles. The van der Waals surface area contributed by atoms with Crippen molar-refractivity contribution in [2.75, 3.05) is 0 Å².